The number of piperidine rings is 1. The Hall–Kier alpha value is -0.930. The van der Waals surface area contributed by atoms with Crippen LogP contribution in [-0.4, -0.2) is 71.6 Å². The first kappa shape index (κ1) is 27.1. The first-order valence-corrected chi connectivity index (χ1v) is 11.4. The molecule has 1 aliphatic heterocycles. The van der Waals surface area contributed by atoms with Crippen molar-refractivity contribution in [2.75, 3.05) is 32.7 Å². The van der Waals surface area contributed by atoms with Crippen molar-refractivity contribution in [2.45, 2.75) is 78.6 Å². The van der Waals surface area contributed by atoms with E-state index in [1.54, 1.807) is 0 Å². The summed E-state index contributed by atoms with van der Waals surface area (Å²) < 4.78 is 0. The molecule has 0 aliphatic carbocycles. The quantitative estimate of drug-likeness (QED) is 0.209. The van der Waals surface area contributed by atoms with Gasteiger partial charge in [0.2, 0.25) is 0 Å². The zero-order chi connectivity index (χ0) is 21.1. The van der Waals surface area contributed by atoms with Crippen molar-refractivity contribution in [3.63, 3.8) is 0 Å². The molecule has 1 fully saturated rings. The summed E-state index contributed by atoms with van der Waals surface area (Å²) in [5.74, 6) is 0.969. The second-order valence-corrected chi connectivity index (χ2v) is 8.56. The fourth-order valence-corrected chi connectivity index (χ4v) is 4.03. The number of aliphatic imine (C=N–C) groups is 1. The van der Waals surface area contributed by atoms with Crippen molar-refractivity contribution in [1.29, 1.82) is 0 Å². The Kier molecular flexibility index (Phi) is 13.5. The summed E-state index contributed by atoms with van der Waals surface area (Å²) in [5, 5.41) is 7.07. The molecular formula is C23H43IN6. The maximum atomic E-state index is 4.83. The third kappa shape index (κ3) is 9.92. The van der Waals surface area contributed by atoms with Crippen molar-refractivity contribution in [3.8, 4) is 0 Å². The Bertz CT molecular complexity index is 577. The van der Waals surface area contributed by atoms with E-state index in [1.807, 2.05) is 12.3 Å². The highest BCUT2D eigenvalue weighted by Crippen LogP contribution is 2.13. The number of hydrogen-bond donors (Lipinski definition) is 2. The molecule has 2 N–H and O–H groups in total. The molecule has 2 heterocycles. The Morgan fingerprint density at radius 3 is 2.47 bits per heavy atom. The number of rotatable bonds is 10. The number of pyridine rings is 1. The van der Waals surface area contributed by atoms with Gasteiger partial charge in [0, 0.05) is 63.6 Å². The second kappa shape index (κ2) is 15.0. The highest BCUT2D eigenvalue weighted by atomic mass is 127. The van der Waals surface area contributed by atoms with Gasteiger partial charge >= 0.3 is 0 Å². The van der Waals surface area contributed by atoms with Crippen LogP contribution in [-0.2, 0) is 6.54 Å². The molecule has 0 amide bonds. The van der Waals surface area contributed by atoms with Crippen LogP contribution < -0.4 is 10.6 Å². The summed E-state index contributed by atoms with van der Waals surface area (Å²) in [6.07, 6.45) is 5.26. The van der Waals surface area contributed by atoms with Gasteiger partial charge in [-0.25, -0.2) is 0 Å². The molecule has 30 heavy (non-hydrogen) atoms. The standard InChI is InChI=1S/C23H42N6.HI/c1-6-24-23(26-14-9-15-29(19(2)3)20(4)5)27-21-11-16-28(17-12-21)18-22-10-7-8-13-25-22;/h7-8,10,13,19-21H,6,9,11-12,14-18H2,1-5H3,(H2,24,26,27);1H. The van der Waals surface area contributed by atoms with Crippen molar-refractivity contribution < 1.29 is 0 Å². The summed E-state index contributed by atoms with van der Waals surface area (Å²) in [6.45, 7) is 17.2. The lowest BCUT2D eigenvalue weighted by Gasteiger charge is -2.33. The van der Waals surface area contributed by atoms with E-state index in [4.69, 9.17) is 4.99 Å². The number of guanidine groups is 1. The molecule has 0 unspecified atom stereocenters. The van der Waals surface area contributed by atoms with E-state index >= 15 is 0 Å². The second-order valence-electron chi connectivity index (χ2n) is 8.56. The van der Waals surface area contributed by atoms with Gasteiger partial charge in [-0.05, 0) is 66.0 Å². The fourth-order valence-electron chi connectivity index (χ4n) is 4.03. The number of nitrogens with zero attached hydrogens (tertiary/aromatic N) is 4. The summed E-state index contributed by atoms with van der Waals surface area (Å²) in [4.78, 5) is 14.3. The van der Waals surface area contributed by atoms with Crippen molar-refractivity contribution in [1.82, 2.24) is 25.4 Å². The molecule has 2 rings (SSSR count). The van der Waals surface area contributed by atoms with Gasteiger partial charge in [0.05, 0.1) is 5.69 Å². The number of likely N-dealkylation sites (tertiary alicyclic amines) is 1. The average Bonchev–Trinajstić information content (AvgIpc) is 2.69. The van der Waals surface area contributed by atoms with Gasteiger partial charge in [-0.1, -0.05) is 6.07 Å². The van der Waals surface area contributed by atoms with E-state index in [0.29, 0.717) is 18.1 Å². The van der Waals surface area contributed by atoms with Gasteiger partial charge in [0.1, 0.15) is 0 Å². The van der Waals surface area contributed by atoms with Crippen molar-refractivity contribution in [3.05, 3.63) is 30.1 Å². The van der Waals surface area contributed by atoms with Gasteiger partial charge in [-0.3, -0.25) is 19.8 Å². The maximum absolute atomic E-state index is 4.83. The first-order valence-electron chi connectivity index (χ1n) is 11.4. The summed E-state index contributed by atoms with van der Waals surface area (Å²) >= 11 is 0. The van der Waals surface area contributed by atoms with Gasteiger partial charge in [-0.15, -0.1) is 24.0 Å². The molecule has 0 bridgehead atoms. The predicted octanol–water partition coefficient (Wildman–Crippen LogP) is 3.73. The van der Waals surface area contributed by atoms with Crippen LogP contribution in [0.4, 0.5) is 0 Å². The zero-order valence-electron chi connectivity index (χ0n) is 19.6. The largest absolute Gasteiger partial charge is 0.357 e. The maximum Gasteiger partial charge on any atom is 0.191 e. The van der Waals surface area contributed by atoms with Crippen LogP contribution in [0.25, 0.3) is 0 Å². The van der Waals surface area contributed by atoms with E-state index in [-0.39, 0.29) is 24.0 Å². The van der Waals surface area contributed by atoms with Gasteiger partial charge in [0.25, 0.3) is 0 Å². The van der Waals surface area contributed by atoms with E-state index in [9.17, 15) is 0 Å². The number of nitrogens with one attached hydrogen (secondary N) is 2. The lowest BCUT2D eigenvalue weighted by atomic mass is 10.0. The molecule has 7 heteroatoms. The SMILES string of the molecule is CCNC(=NCCCN(C(C)C)C(C)C)NC1CCN(Cc2ccccn2)CC1.I. The van der Waals surface area contributed by atoms with Crippen LogP contribution in [0.3, 0.4) is 0 Å². The minimum Gasteiger partial charge on any atom is -0.357 e. The van der Waals surface area contributed by atoms with Crippen molar-refractivity contribution in [2.24, 2.45) is 4.99 Å². The van der Waals surface area contributed by atoms with Gasteiger partial charge in [-0.2, -0.15) is 0 Å². The smallest absolute Gasteiger partial charge is 0.191 e. The Morgan fingerprint density at radius 1 is 1.20 bits per heavy atom. The first-order chi connectivity index (χ1) is 14.0. The molecule has 1 saturated heterocycles. The molecule has 1 aliphatic rings. The lowest BCUT2D eigenvalue weighted by molar-refractivity contribution is 0.174. The molecule has 172 valence electrons. The number of aromatic nitrogens is 1. The van der Waals surface area contributed by atoms with Crippen molar-refractivity contribution >= 4 is 29.9 Å². The van der Waals surface area contributed by atoms with E-state index in [1.165, 1.54) is 0 Å². The predicted molar refractivity (Wildman–Crippen MR) is 139 cm³/mol. The van der Waals surface area contributed by atoms with Crippen LogP contribution in [0.5, 0.6) is 0 Å². The van der Waals surface area contributed by atoms with Crippen LogP contribution in [0.1, 0.15) is 59.6 Å². The molecular weight excluding hydrogens is 487 g/mol. The highest BCUT2D eigenvalue weighted by molar-refractivity contribution is 14.0. The minimum atomic E-state index is 0. The zero-order valence-corrected chi connectivity index (χ0v) is 21.9. The van der Waals surface area contributed by atoms with Crippen LogP contribution >= 0.6 is 24.0 Å². The van der Waals surface area contributed by atoms with Crippen LogP contribution in [0, 0.1) is 0 Å². The third-order valence-electron chi connectivity index (χ3n) is 5.56. The molecule has 6 nitrogen and oxygen atoms in total. The minimum absolute atomic E-state index is 0. The summed E-state index contributed by atoms with van der Waals surface area (Å²) in [6, 6.07) is 7.82. The fraction of sp³-hybridized carbons (Fsp3) is 0.739. The van der Waals surface area contributed by atoms with Crippen LogP contribution in [0.2, 0.25) is 0 Å². The van der Waals surface area contributed by atoms with Crippen LogP contribution in [0.15, 0.2) is 29.4 Å². The van der Waals surface area contributed by atoms with E-state index in [0.717, 1.165) is 70.2 Å². The topological polar surface area (TPSA) is 55.8 Å². The molecule has 0 atom stereocenters. The van der Waals surface area contributed by atoms with E-state index < -0.39 is 0 Å². The van der Waals surface area contributed by atoms with Gasteiger partial charge in [0.15, 0.2) is 5.96 Å². The Balaban J connectivity index is 0.00000450. The molecule has 0 saturated carbocycles. The lowest BCUT2D eigenvalue weighted by Crippen LogP contribution is -2.48. The average molecular weight is 531 g/mol. The van der Waals surface area contributed by atoms with E-state index in [2.05, 4.69) is 72.2 Å². The summed E-state index contributed by atoms with van der Waals surface area (Å²) in [7, 11) is 0. The Morgan fingerprint density at radius 2 is 1.90 bits per heavy atom. The highest BCUT2D eigenvalue weighted by Gasteiger charge is 2.20. The molecule has 1 aromatic rings. The molecule has 0 spiro atoms. The Labute approximate surface area is 201 Å². The molecule has 0 radical (unpaired) electrons. The van der Waals surface area contributed by atoms with Gasteiger partial charge < -0.3 is 10.6 Å². The number of halogens is 1. The molecule has 1 aromatic heterocycles. The monoisotopic (exact) mass is 530 g/mol. The third-order valence-corrected chi connectivity index (χ3v) is 5.56. The normalized spacial score (nSPS) is 16.2. The molecule has 0 aromatic carbocycles. The summed E-state index contributed by atoms with van der Waals surface area (Å²) in [5.41, 5.74) is 1.16. The number of hydrogen-bond acceptors (Lipinski definition) is 4.